The van der Waals surface area contributed by atoms with Crippen molar-refractivity contribution in [2.24, 2.45) is 5.92 Å². The van der Waals surface area contributed by atoms with Crippen molar-refractivity contribution >= 4 is 23.2 Å². The van der Waals surface area contributed by atoms with E-state index in [4.69, 9.17) is 0 Å². The van der Waals surface area contributed by atoms with E-state index in [9.17, 15) is 9.59 Å². The van der Waals surface area contributed by atoms with Crippen LogP contribution in [0.15, 0.2) is 41.3 Å². The summed E-state index contributed by atoms with van der Waals surface area (Å²) in [6.45, 7) is 6.04. The van der Waals surface area contributed by atoms with E-state index < -0.39 is 0 Å². The van der Waals surface area contributed by atoms with Crippen LogP contribution in [0.5, 0.6) is 0 Å². The monoisotopic (exact) mass is 394 g/mol. The lowest BCUT2D eigenvalue weighted by molar-refractivity contribution is -0.117. The van der Waals surface area contributed by atoms with E-state index in [0.29, 0.717) is 5.78 Å². The molecule has 0 radical (unpaired) electrons. The maximum absolute atomic E-state index is 12.6. The Balaban J connectivity index is 1.52. The van der Waals surface area contributed by atoms with Gasteiger partial charge in [0.05, 0.1) is 0 Å². The molecule has 1 aliphatic heterocycles. The molecule has 4 rings (SSSR count). The number of rotatable bonds is 5. The van der Waals surface area contributed by atoms with Crippen molar-refractivity contribution in [1.29, 1.82) is 0 Å². The molecule has 29 heavy (non-hydrogen) atoms. The maximum Gasteiger partial charge on any atom is 0.352 e. The number of carbonyl (C=O) groups excluding carboxylic acids is 1. The number of hydrogen-bond acceptors (Lipinski definition) is 5. The first-order valence-electron chi connectivity index (χ1n) is 10.1. The van der Waals surface area contributed by atoms with Crippen LogP contribution in [0.25, 0.3) is 5.78 Å². The van der Waals surface area contributed by atoms with Crippen LogP contribution in [-0.2, 0) is 17.8 Å². The number of amides is 1. The molecule has 0 atom stereocenters. The molecule has 8 heteroatoms. The Morgan fingerprint density at radius 2 is 1.97 bits per heavy atom. The Labute approximate surface area is 169 Å². The summed E-state index contributed by atoms with van der Waals surface area (Å²) in [6, 6.07) is 9.48. The van der Waals surface area contributed by atoms with Gasteiger partial charge in [0.25, 0.3) is 5.78 Å². The van der Waals surface area contributed by atoms with Crippen LogP contribution >= 0.6 is 0 Å². The largest absolute Gasteiger partial charge is 0.356 e. The van der Waals surface area contributed by atoms with Crippen molar-refractivity contribution in [3.8, 4) is 0 Å². The number of fused-ring (bicyclic) bond motifs is 1. The lowest BCUT2D eigenvalue weighted by Gasteiger charge is -2.30. The molecular weight excluding hydrogens is 368 g/mol. The Bertz CT molecular complexity index is 1080. The Kier molecular flexibility index (Phi) is 5.33. The van der Waals surface area contributed by atoms with Gasteiger partial charge in [-0.15, -0.1) is 5.10 Å². The number of carbonyl (C=O) groups is 1. The summed E-state index contributed by atoms with van der Waals surface area (Å²) >= 11 is 0. The van der Waals surface area contributed by atoms with E-state index in [0.717, 1.165) is 60.0 Å². The Morgan fingerprint density at radius 1 is 1.21 bits per heavy atom. The molecule has 1 fully saturated rings. The van der Waals surface area contributed by atoms with Crippen molar-refractivity contribution in [2.75, 3.05) is 23.3 Å². The van der Waals surface area contributed by atoms with E-state index in [1.807, 2.05) is 37.3 Å². The molecule has 1 aliphatic rings. The predicted molar refractivity (Wildman–Crippen MR) is 112 cm³/mol. The van der Waals surface area contributed by atoms with E-state index in [-0.39, 0.29) is 18.1 Å². The molecule has 2 aromatic heterocycles. The molecule has 0 spiro atoms. The minimum Gasteiger partial charge on any atom is -0.356 e. The normalized spacial score (nSPS) is 15.0. The van der Waals surface area contributed by atoms with Crippen molar-refractivity contribution < 1.29 is 4.79 Å². The van der Waals surface area contributed by atoms with Crippen molar-refractivity contribution in [3.63, 3.8) is 0 Å². The predicted octanol–water partition coefficient (Wildman–Crippen LogP) is 2.33. The second-order valence-electron chi connectivity index (χ2n) is 7.62. The van der Waals surface area contributed by atoms with Crippen LogP contribution in [0.2, 0.25) is 0 Å². The van der Waals surface area contributed by atoms with Gasteiger partial charge in [0.2, 0.25) is 5.91 Å². The summed E-state index contributed by atoms with van der Waals surface area (Å²) in [4.78, 5) is 31.8. The highest BCUT2D eigenvalue weighted by Gasteiger charge is 2.19. The fraction of sp³-hybridized carbons (Fsp3) is 0.429. The first kappa shape index (κ1) is 19.2. The Morgan fingerprint density at radius 3 is 2.72 bits per heavy atom. The smallest absolute Gasteiger partial charge is 0.352 e. The molecule has 3 aromatic rings. The molecule has 0 bridgehead atoms. The van der Waals surface area contributed by atoms with E-state index in [2.05, 4.69) is 27.2 Å². The molecule has 1 N–H and O–H groups in total. The number of hydrogen-bond donors (Lipinski definition) is 1. The number of aromatic nitrogens is 4. The minimum atomic E-state index is -0.370. The highest BCUT2D eigenvalue weighted by Crippen LogP contribution is 2.21. The van der Waals surface area contributed by atoms with Gasteiger partial charge in [-0.25, -0.2) is 13.9 Å². The first-order chi connectivity index (χ1) is 14.0. The second kappa shape index (κ2) is 8.06. The fourth-order valence-corrected chi connectivity index (χ4v) is 3.69. The molecule has 1 aromatic carbocycles. The fourth-order valence-electron chi connectivity index (χ4n) is 3.69. The number of para-hydroxylation sites is 1. The number of anilines is 2. The minimum absolute atomic E-state index is 0.156. The SMILES string of the molecule is CCc1ccccc1NC(=O)Cn1nc2nc(N3CCC(C)CC3)ccn2c1=O. The van der Waals surface area contributed by atoms with Gasteiger partial charge in [0, 0.05) is 25.0 Å². The molecule has 3 heterocycles. The van der Waals surface area contributed by atoms with Crippen LogP contribution in [0, 0.1) is 5.92 Å². The van der Waals surface area contributed by atoms with Crippen molar-refractivity contribution in [3.05, 3.63) is 52.6 Å². The second-order valence-corrected chi connectivity index (χ2v) is 7.62. The van der Waals surface area contributed by atoms with Gasteiger partial charge in [0.15, 0.2) is 0 Å². The third kappa shape index (κ3) is 4.01. The molecular formula is C21H26N6O2. The first-order valence-corrected chi connectivity index (χ1v) is 10.1. The zero-order valence-corrected chi connectivity index (χ0v) is 16.8. The summed E-state index contributed by atoms with van der Waals surface area (Å²) in [6.07, 6.45) is 4.76. The van der Waals surface area contributed by atoms with Gasteiger partial charge >= 0.3 is 5.69 Å². The number of nitrogens with zero attached hydrogens (tertiary/aromatic N) is 5. The topological polar surface area (TPSA) is 84.5 Å². The van der Waals surface area contributed by atoms with Gasteiger partial charge in [0.1, 0.15) is 12.4 Å². The van der Waals surface area contributed by atoms with E-state index >= 15 is 0 Å². The maximum atomic E-state index is 12.6. The zero-order chi connectivity index (χ0) is 20.4. The van der Waals surface area contributed by atoms with E-state index in [1.54, 1.807) is 6.20 Å². The van der Waals surface area contributed by atoms with Gasteiger partial charge < -0.3 is 10.2 Å². The molecule has 0 aliphatic carbocycles. The summed E-state index contributed by atoms with van der Waals surface area (Å²) in [5.74, 6) is 1.57. The lowest BCUT2D eigenvalue weighted by Crippen LogP contribution is -2.33. The summed E-state index contributed by atoms with van der Waals surface area (Å²) in [5.41, 5.74) is 1.44. The lowest BCUT2D eigenvalue weighted by atomic mass is 9.99. The van der Waals surface area contributed by atoms with Crippen LogP contribution in [0.4, 0.5) is 11.5 Å². The Hall–Kier alpha value is -3.16. The van der Waals surface area contributed by atoms with Crippen LogP contribution in [-0.4, -0.2) is 38.2 Å². The van der Waals surface area contributed by atoms with Gasteiger partial charge in [-0.1, -0.05) is 32.0 Å². The highest BCUT2D eigenvalue weighted by molar-refractivity contribution is 5.91. The quantitative estimate of drug-likeness (QED) is 0.718. The number of nitrogens with one attached hydrogen (secondary N) is 1. The number of piperidine rings is 1. The summed E-state index contributed by atoms with van der Waals surface area (Å²) < 4.78 is 2.54. The van der Waals surface area contributed by atoms with Crippen LogP contribution in [0.1, 0.15) is 32.3 Å². The third-order valence-electron chi connectivity index (χ3n) is 5.51. The van der Waals surface area contributed by atoms with Crippen LogP contribution < -0.4 is 15.9 Å². The van der Waals surface area contributed by atoms with Gasteiger partial charge in [-0.2, -0.15) is 4.98 Å². The molecule has 1 amide bonds. The number of benzene rings is 1. The molecule has 8 nitrogen and oxygen atoms in total. The van der Waals surface area contributed by atoms with Gasteiger partial charge in [-0.05, 0) is 42.9 Å². The average molecular weight is 394 g/mol. The number of aryl methyl sites for hydroxylation is 1. The molecule has 1 saturated heterocycles. The van der Waals surface area contributed by atoms with Gasteiger partial charge in [-0.3, -0.25) is 4.79 Å². The summed E-state index contributed by atoms with van der Waals surface area (Å²) in [5, 5.41) is 7.15. The van der Waals surface area contributed by atoms with Crippen molar-refractivity contribution in [1.82, 2.24) is 19.2 Å². The third-order valence-corrected chi connectivity index (χ3v) is 5.51. The average Bonchev–Trinajstić information content (AvgIpc) is 3.03. The zero-order valence-electron chi connectivity index (χ0n) is 16.8. The molecule has 0 saturated carbocycles. The summed E-state index contributed by atoms with van der Waals surface area (Å²) in [7, 11) is 0. The van der Waals surface area contributed by atoms with Crippen molar-refractivity contribution in [2.45, 2.75) is 39.7 Å². The van der Waals surface area contributed by atoms with E-state index in [1.165, 1.54) is 4.40 Å². The van der Waals surface area contributed by atoms with Crippen LogP contribution in [0.3, 0.4) is 0 Å². The highest BCUT2D eigenvalue weighted by atomic mass is 16.2. The molecule has 0 unspecified atom stereocenters. The molecule has 152 valence electrons. The standard InChI is InChI=1S/C21H26N6O2/c1-3-16-6-4-5-7-17(16)22-19(28)14-27-21(29)26-13-10-18(23-20(26)24-27)25-11-8-15(2)9-12-25/h4-7,10,13,15H,3,8-9,11-12,14H2,1-2H3,(H,22,28).